The number of likely N-dealkylation sites (tertiary alicyclic amines) is 1. The predicted octanol–water partition coefficient (Wildman–Crippen LogP) is 3.74. The summed E-state index contributed by atoms with van der Waals surface area (Å²) >= 11 is 6.15. The number of nitrogens with one attached hydrogen (secondary N) is 1. The van der Waals surface area contributed by atoms with E-state index < -0.39 is 5.54 Å². The second kappa shape index (κ2) is 10.8. The number of rotatable bonds is 9. The molecule has 0 spiro atoms. The number of ether oxygens (including phenoxy) is 2. The highest BCUT2D eigenvalue weighted by Crippen LogP contribution is 2.37. The van der Waals surface area contributed by atoms with Crippen LogP contribution in [0.2, 0.25) is 5.02 Å². The average molecular weight is 486 g/mol. The number of hydrogen-bond donors (Lipinski definition) is 1. The Kier molecular flexibility index (Phi) is 7.76. The number of carbonyl (C=O) groups is 2. The minimum absolute atomic E-state index is 0.0262. The van der Waals surface area contributed by atoms with Crippen molar-refractivity contribution in [3.63, 3.8) is 0 Å². The van der Waals surface area contributed by atoms with Crippen molar-refractivity contribution in [1.29, 1.82) is 0 Å². The zero-order valence-corrected chi connectivity index (χ0v) is 20.5. The van der Waals surface area contributed by atoms with Crippen LogP contribution in [0.25, 0.3) is 0 Å². The summed E-state index contributed by atoms with van der Waals surface area (Å²) in [6.07, 6.45) is 2.06. The van der Waals surface area contributed by atoms with Gasteiger partial charge in [-0.25, -0.2) is 4.79 Å². The van der Waals surface area contributed by atoms with E-state index in [1.54, 1.807) is 14.2 Å². The summed E-state index contributed by atoms with van der Waals surface area (Å²) in [5.74, 6) is 0.598. The molecule has 2 heterocycles. The molecule has 0 radical (unpaired) electrons. The van der Waals surface area contributed by atoms with Crippen molar-refractivity contribution in [3.05, 3.63) is 64.7 Å². The molecule has 2 aliphatic rings. The number of amides is 3. The second-order valence-corrected chi connectivity index (χ2v) is 9.50. The average Bonchev–Trinajstić information content (AvgIpc) is 3.07. The largest absolute Gasteiger partial charge is 0.497 e. The first-order chi connectivity index (χ1) is 16.4. The molecule has 0 unspecified atom stereocenters. The summed E-state index contributed by atoms with van der Waals surface area (Å²) in [6, 6.07) is 15.3. The van der Waals surface area contributed by atoms with Crippen LogP contribution in [-0.4, -0.2) is 67.7 Å². The minimum atomic E-state index is -0.973. The Morgan fingerprint density at radius 1 is 1.06 bits per heavy atom. The molecule has 1 atom stereocenters. The maximum Gasteiger partial charge on any atom is 0.325 e. The predicted molar refractivity (Wildman–Crippen MR) is 131 cm³/mol. The first kappa shape index (κ1) is 24.5. The van der Waals surface area contributed by atoms with E-state index in [1.165, 1.54) is 10.5 Å². The molecule has 2 fully saturated rings. The maximum absolute atomic E-state index is 13.7. The quantitative estimate of drug-likeness (QED) is 0.548. The third kappa shape index (κ3) is 5.22. The molecular weight excluding hydrogens is 454 g/mol. The highest BCUT2D eigenvalue weighted by atomic mass is 35.5. The highest BCUT2D eigenvalue weighted by molar-refractivity contribution is 6.30. The van der Waals surface area contributed by atoms with Gasteiger partial charge in [0.05, 0.1) is 20.3 Å². The minimum Gasteiger partial charge on any atom is -0.497 e. The van der Waals surface area contributed by atoms with Crippen molar-refractivity contribution >= 4 is 23.5 Å². The molecule has 2 aliphatic heterocycles. The molecule has 0 aliphatic carbocycles. The van der Waals surface area contributed by atoms with Gasteiger partial charge >= 0.3 is 6.03 Å². The number of piperidine rings is 1. The summed E-state index contributed by atoms with van der Waals surface area (Å²) in [4.78, 5) is 30.3. The van der Waals surface area contributed by atoms with Gasteiger partial charge in [-0.1, -0.05) is 35.9 Å². The van der Waals surface area contributed by atoms with Gasteiger partial charge in [-0.3, -0.25) is 14.6 Å². The topological polar surface area (TPSA) is 71.1 Å². The maximum atomic E-state index is 13.7. The number of urea groups is 1. The van der Waals surface area contributed by atoms with Crippen LogP contribution < -0.4 is 10.1 Å². The van der Waals surface area contributed by atoms with Crippen molar-refractivity contribution in [2.24, 2.45) is 5.92 Å². The van der Waals surface area contributed by atoms with E-state index >= 15 is 0 Å². The molecule has 8 heteroatoms. The molecule has 0 aromatic heterocycles. The lowest BCUT2D eigenvalue weighted by atomic mass is 9.74. The van der Waals surface area contributed by atoms with Crippen molar-refractivity contribution in [2.75, 3.05) is 40.5 Å². The number of carbonyl (C=O) groups excluding carboxylic acids is 2. The zero-order valence-electron chi connectivity index (χ0n) is 19.8. The van der Waals surface area contributed by atoms with E-state index in [0.29, 0.717) is 13.0 Å². The molecule has 0 bridgehead atoms. The first-order valence-electron chi connectivity index (χ1n) is 11.7. The molecule has 2 aromatic carbocycles. The highest BCUT2D eigenvalue weighted by Gasteiger charge is 2.55. The fourth-order valence-electron chi connectivity index (χ4n) is 5.15. The van der Waals surface area contributed by atoms with Crippen LogP contribution in [0.4, 0.5) is 4.79 Å². The number of hydrogen-bond acceptors (Lipinski definition) is 5. The summed E-state index contributed by atoms with van der Waals surface area (Å²) in [5.41, 5.74) is 1.16. The Morgan fingerprint density at radius 2 is 1.79 bits per heavy atom. The van der Waals surface area contributed by atoms with Gasteiger partial charge in [-0.05, 0) is 67.2 Å². The number of benzene rings is 2. The lowest BCUT2D eigenvalue weighted by Gasteiger charge is -2.41. The molecular formula is C26H32ClN3O4. The van der Waals surface area contributed by atoms with Crippen molar-refractivity contribution in [1.82, 2.24) is 15.1 Å². The number of nitrogens with zero attached hydrogens (tertiary/aromatic N) is 2. The summed E-state index contributed by atoms with van der Waals surface area (Å²) in [7, 11) is 3.19. The fourth-order valence-corrected chi connectivity index (χ4v) is 5.37. The molecule has 1 N–H and O–H groups in total. The van der Waals surface area contributed by atoms with Crippen LogP contribution in [-0.2, 0) is 22.5 Å². The van der Waals surface area contributed by atoms with Gasteiger partial charge in [0.15, 0.2) is 0 Å². The fraction of sp³-hybridized carbons (Fsp3) is 0.462. The van der Waals surface area contributed by atoms with E-state index in [-0.39, 0.29) is 24.4 Å². The molecule has 3 amide bonds. The molecule has 2 saturated heterocycles. The number of methoxy groups -OCH3 is 2. The molecule has 7 nitrogen and oxygen atoms in total. The van der Waals surface area contributed by atoms with E-state index in [0.717, 1.165) is 48.8 Å². The smallest absolute Gasteiger partial charge is 0.325 e. The van der Waals surface area contributed by atoms with Crippen molar-refractivity contribution in [3.8, 4) is 5.75 Å². The van der Waals surface area contributed by atoms with Crippen LogP contribution >= 0.6 is 11.6 Å². The summed E-state index contributed by atoms with van der Waals surface area (Å²) in [6.45, 7) is 3.06. The van der Waals surface area contributed by atoms with E-state index in [1.807, 2.05) is 42.5 Å². The third-order valence-electron chi connectivity index (χ3n) is 6.92. The van der Waals surface area contributed by atoms with Crippen LogP contribution in [0.3, 0.4) is 0 Å². The second-order valence-electron chi connectivity index (χ2n) is 9.06. The van der Waals surface area contributed by atoms with E-state index in [2.05, 4.69) is 16.3 Å². The molecule has 4 rings (SSSR count). The van der Waals surface area contributed by atoms with Gasteiger partial charge in [0.1, 0.15) is 11.3 Å². The Bertz CT molecular complexity index is 1020. The molecule has 34 heavy (non-hydrogen) atoms. The molecule has 2 aromatic rings. The van der Waals surface area contributed by atoms with Crippen LogP contribution in [0, 0.1) is 5.92 Å². The van der Waals surface area contributed by atoms with Crippen LogP contribution in [0.15, 0.2) is 48.5 Å². The Labute approximate surface area is 206 Å². The lowest BCUT2D eigenvalue weighted by molar-refractivity contribution is -0.134. The monoisotopic (exact) mass is 485 g/mol. The van der Waals surface area contributed by atoms with Crippen molar-refractivity contribution in [2.45, 2.75) is 31.3 Å². The van der Waals surface area contributed by atoms with E-state index in [4.69, 9.17) is 21.1 Å². The number of imide groups is 1. The van der Waals surface area contributed by atoms with Crippen molar-refractivity contribution < 1.29 is 19.1 Å². The third-order valence-corrected chi connectivity index (χ3v) is 7.15. The number of halogens is 1. The van der Waals surface area contributed by atoms with Gasteiger partial charge < -0.3 is 14.8 Å². The van der Waals surface area contributed by atoms with Crippen LogP contribution in [0.1, 0.15) is 24.0 Å². The van der Waals surface area contributed by atoms with Gasteiger partial charge in [0.25, 0.3) is 5.91 Å². The molecule has 182 valence electrons. The Morgan fingerprint density at radius 3 is 2.50 bits per heavy atom. The standard InChI is InChI=1S/C26H32ClN3O4/c1-33-14-13-30-24(31)26(28-25(30)32,17-19-5-4-8-23(16-19)34-2)21-9-11-29(12-10-21)18-20-6-3-7-22(27)15-20/h3-8,15-16,21H,9-14,17-18H2,1-2H3,(H,28,32)/t26-/m1/s1. The zero-order chi connectivity index (χ0) is 24.1. The SMILES string of the molecule is COCCN1C(=O)N[C@](Cc2cccc(OC)c2)(C2CCN(Cc3cccc(Cl)c3)CC2)C1=O. The summed E-state index contributed by atoms with van der Waals surface area (Å²) < 4.78 is 10.5. The first-order valence-corrected chi connectivity index (χ1v) is 12.1. The van der Waals surface area contributed by atoms with Crippen LogP contribution in [0.5, 0.6) is 5.75 Å². The van der Waals surface area contributed by atoms with E-state index in [9.17, 15) is 9.59 Å². The van der Waals surface area contributed by atoms with Gasteiger partial charge in [0, 0.05) is 25.1 Å². The summed E-state index contributed by atoms with van der Waals surface area (Å²) in [5, 5.41) is 3.85. The lowest BCUT2D eigenvalue weighted by Crippen LogP contribution is -2.57. The normalized spacial score (nSPS) is 21.7. The van der Waals surface area contributed by atoms with Gasteiger partial charge in [-0.2, -0.15) is 0 Å². The Hall–Kier alpha value is -2.61. The molecule has 0 saturated carbocycles. The van der Waals surface area contributed by atoms with Gasteiger partial charge in [0.2, 0.25) is 0 Å². The Balaban J connectivity index is 1.54. The van der Waals surface area contributed by atoms with Gasteiger partial charge in [-0.15, -0.1) is 0 Å².